The molecule has 1 heterocycles. The molecule has 0 saturated carbocycles. The molecule has 1 aliphatic rings. The van der Waals surface area contributed by atoms with Crippen LogP contribution < -0.4 is 10.2 Å². The molecule has 0 aliphatic carbocycles. The van der Waals surface area contributed by atoms with Gasteiger partial charge < -0.3 is 15.3 Å². The van der Waals surface area contributed by atoms with E-state index in [1.165, 1.54) is 5.69 Å². The van der Waals surface area contributed by atoms with Crippen LogP contribution in [0.3, 0.4) is 0 Å². The third kappa shape index (κ3) is 3.21. The monoisotopic (exact) mass is 298 g/mol. The molecule has 0 aromatic heterocycles. The van der Waals surface area contributed by atoms with Crippen LogP contribution in [0.15, 0.2) is 28.7 Å². The van der Waals surface area contributed by atoms with E-state index in [0.29, 0.717) is 12.1 Å². The van der Waals surface area contributed by atoms with Crippen molar-refractivity contribution in [2.75, 3.05) is 24.6 Å². The summed E-state index contributed by atoms with van der Waals surface area (Å²) in [5.41, 5.74) is 1.24. The molecule has 1 fully saturated rings. The highest BCUT2D eigenvalue weighted by Gasteiger charge is 2.24. The largest absolute Gasteiger partial charge is 0.396 e. The van der Waals surface area contributed by atoms with Crippen LogP contribution in [-0.2, 0) is 0 Å². The minimum absolute atomic E-state index is 0.244. The molecule has 94 valence electrons. The molecule has 1 saturated heterocycles. The third-order valence-electron chi connectivity index (χ3n) is 3.13. The molecule has 0 amide bonds. The fraction of sp³-hybridized carbons (Fsp3) is 0.538. The minimum Gasteiger partial charge on any atom is -0.396 e. The van der Waals surface area contributed by atoms with E-state index >= 15 is 0 Å². The summed E-state index contributed by atoms with van der Waals surface area (Å²) in [6.45, 7) is 4.39. The Morgan fingerprint density at radius 2 is 2.18 bits per heavy atom. The lowest BCUT2D eigenvalue weighted by Crippen LogP contribution is -2.55. The Balaban J connectivity index is 2.12. The number of nitrogens with zero attached hydrogens (tertiary/aromatic N) is 1. The summed E-state index contributed by atoms with van der Waals surface area (Å²) in [4.78, 5) is 2.38. The summed E-state index contributed by atoms with van der Waals surface area (Å²) in [7, 11) is 0. The Labute approximate surface area is 111 Å². The molecule has 2 rings (SSSR count). The summed E-state index contributed by atoms with van der Waals surface area (Å²) in [5.74, 6) is 0. The molecule has 2 atom stereocenters. The highest BCUT2D eigenvalue weighted by molar-refractivity contribution is 9.10. The van der Waals surface area contributed by atoms with Gasteiger partial charge in [-0.2, -0.15) is 0 Å². The van der Waals surface area contributed by atoms with Gasteiger partial charge in [-0.3, -0.25) is 0 Å². The van der Waals surface area contributed by atoms with Crippen molar-refractivity contribution in [3.8, 4) is 0 Å². The molecule has 4 heteroatoms. The zero-order valence-corrected chi connectivity index (χ0v) is 11.7. The maximum atomic E-state index is 9.05. The van der Waals surface area contributed by atoms with Gasteiger partial charge in [-0.25, -0.2) is 0 Å². The van der Waals surface area contributed by atoms with E-state index in [0.717, 1.165) is 24.0 Å². The van der Waals surface area contributed by atoms with Gasteiger partial charge in [0, 0.05) is 36.3 Å². The van der Waals surface area contributed by atoms with Crippen molar-refractivity contribution in [3.05, 3.63) is 28.7 Å². The normalized spacial score (nSPS) is 25.0. The fourth-order valence-corrected chi connectivity index (χ4v) is 2.95. The lowest BCUT2D eigenvalue weighted by molar-refractivity contribution is 0.250. The molecule has 17 heavy (non-hydrogen) atoms. The first-order chi connectivity index (χ1) is 8.20. The van der Waals surface area contributed by atoms with E-state index in [9.17, 15) is 0 Å². The van der Waals surface area contributed by atoms with E-state index < -0.39 is 0 Å². The first-order valence-corrected chi connectivity index (χ1v) is 6.86. The Morgan fingerprint density at radius 3 is 2.88 bits per heavy atom. The quantitative estimate of drug-likeness (QED) is 0.896. The van der Waals surface area contributed by atoms with Crippen molar-refractivity contribution >= 4 is 21.6 Å². The molecule has 0 spiro atoms. The third-order valence-corrected chi connectivity index (χ3v) is 3.80. The zero-order chi connectivity index (χ0) is 12.3. The van der Waals surface area contributed by atoms with Gasteiger partial charge in [0.15, 0.2) is 0 Å². The van der Waals surface area contributed by atoms with E-state index in [1.54, 1.807) is 0 Å². The standard InChI is InChI=1S/C13H19BrN2O/c1-10-8-16(9-11(15-10)6-7-17)13-5-3-2-4-12(13)14/h2-5,10-11,15,17H,6-9H2,1H3. The van der Waals surface area contributed by atoms with Gasteiger partial charge in [-0.1, -0.05) is 12.1 Å². The SMILES string of the molecule is CC1CN(c2ccccc2Br)CC(CCO)N1. The second kappa shape index (κ2) is 5.85. The van der Waals surface area contributed by atoms with Crippen molar-refractivity contribution < 1.29 is 5.11 Å². The Bertz CT molecular complexity index is 372. The summed E-state index contributed by atoms with van der Waals surface area (Å²) in [6, 6.07) is 9.13. The Hall–Kier alpha value is -0.580. The maximum Gasteiger partial charge on any atom is 0.0511 e. The van der Waals surface area contributed by atoms with Crippen LogP contribution in [0.1, 0.15) is 13.3 Å². The first-order valence-electron chi connectivity index (χ1n) is 6.07. The van der Waals surface area contributed by atoms with Gasteiger partial charge in [0.1, 0.15) is 0 Å². The number of benzene rings is 1. The van der Waals surface area contributed by atoms with Crippen LogP contribution in [0.25, 0.3) is 0 Å². The van der Waals surface area contributed by atoms with E-state index in [1.807, 2.05) is 6.07 Å². The minimum atomic E-state index is 0.244. The lowest BCUT2D eigenvalue weighted by atomic mass is 10.1. The van der Waals surface area contributed by atoms with Gasteiger partial charge in [-0.05, 0) is 41.4 Å². The van der Waals surface area contributed by atoms with Crippen molar-refractivity contribution in [3.63, 3.8) is 0 Å². The molecule has 0 bridgehead atoms. The number of rotatable bonds is 3. The lowest BCUT2D eigenvalue weighted by Gasteiger charge is -2.39. The van der Waals surface area contributed by atoms with E-state index in [-0.39, 0.29) is 6.61 Å². The average molecular weight is 299 g/mol. The van der Waals surface area contributed by atoms with Crippen LogP contribution in [0.4, 0.5) is 5.69 Å². The molecule has 2 N–H and O–H groups in total. The predicted octanol–water partition coefficient (Wildman–Crippen LogP) is 2.00. The zero-order valence-electron chi connectivity index (χ0n) is 10.1. The molecule has 3 nitrogen and oxygen atoms in total. The highest BCUT2D eigenvalue weighted by Crippen LogP contribution is 2.27. The molecular formula is C13H19BrN2O. The predicted molar refractivity (Wildman–Crippen MR) is 74.4 cm³/mol. The number of nitrogens with one attached hydrogen (secondary N) is 1. The van der Waals surface area contributed by atoms with Crippen LogP contribution >= 0.6 is 15.9 Å². The van der Waals surface area contributed by atoms with Crippen molar-refractivity contribution in [2.24, 2.45) is 0 Å². The summed E-state index contributed by atoms with van der Waals surface area (Å²) in [5, 5.41) is 12.6. The second-order valence-electron chi connectivity index (χ2n) is 4.63. The molecule has 0 radical (unpaired) electrons. The molecule has 1 aliphatic heterocycles. The topological polar surface area (TPSA) is 35.5 Å². The van der Waals surface area contributed by atoms with Gasteiger partial charge in [-0.15, -0.1) is 0 Å². The van der Waals surface area contributed by atoms with E-state index in [4.69, 9.17) is 5.11 Å². The Morgan fingerprint density at radius 1 is 1.41 bits per heavy atom. The smallest absolute Gasteiger partial charge is 0.0511 e. The number of aliphatic hydroxyl groups is 1. The van der Waals surface area contributed by atoms with Crippen molar-refractivity contribution in [1.29, 1.82) is 0 Å². The first kappa shape index (κ1) is 12.9. The van der Waals surface area contributed by atoms with Gasteiger partial charge in [0.25, 0.3) is 0 Å². The number of para-hydroxylation sites is 1. The molecular weight excluding hydrogens is 280 g/mol. The highest BCUT2D eigenvalue weighted by atomic mass is 79.9. The average Bonchev–Trinajstić information content (AvgIpc) is 2.29. The number of aliphatic hydroxyl groups excluding tert-OH is 1. The molecule has 1 aromatic carbocycles. The number of anilines is 1. The summed E-state index contributed by atoms with van der Waals surface area (Å²) >= 11 is 3.60. The van der Waals surface area contributed by atoms with E-state index in [2.05, 4.69) is 51.3 Å². The van der Waals surface area contributed by atoms with Gasteiger partial charge in [0.05, 0.1) is 5.69 Å². The summed E-state index contributed by atoms with van der Waals surface area (Å²) < 4.78 is 1.14. The van der Waals surface area contributed by atoms with Gasteiger partial charge in [0.2, 0.25) is 0 Å². The number of piperazine rings is 1. The van der Waals surface area contributed by atoms with Crippen LogP contribution in [-0.4, -0.2) is 36.9 Å². The number of hydrogen-bond acceptors (Lipinski definition) is 3. The molecule has 2 unspecified atom stereocenters. The van der Waals surface area contributed by atoms with Crippen LogP contribution in [0, 0.1) is 0 Å². The van der Waals surface area contributed by atoms with Gasteiger partial charge >= 0.3 is 0 Å². The van der Waals surface area contributed by atoms with Crippen molar-refractivity contribution in [1.82, 2.24) is 5.32 Å². The van der Waals surface area contributed by atoms with Crippen LogP contribution in [0.2, 0.25) is 0 Å². The second-order valence-corrected chi connectivity index (χ2v) is 5.49. The number of halogens is 1. The molecule has 1 aromatic rings. The maximum absolute atomic E-state index is 9.05. The Kier molecular flexibility index (Phi) is 4.42. The summed E-state index contributed by atoms with van der Waals surface area (Å²) in [6.07, 6.45) is 0.811. The van der Waals surface area contributed by atoms with Crippen molar-refractivity contribution in [2.45, 2.75) is 25.4 Å². The van der Waals surface area contributed by atoms with Crippen LogP contribution in [0.5, 0.6) is 0 Å². The number of hydrogen-bond donors (Lipinski definition) is 2. The fourth-order valence-electron chi connectivity index (χ4n) is 2.41.